The number of nitrogens with one attached hydrogen (secondary N) is 1. The fourth-order valence-corrected chi connectivity index (χ4v) is 3.89. The van der Waals surface area contributed by atoms with Crippen LogP contribution >= 0.6 is 0 Å². The molecule has 1 atom stereocenters. The van der Waals surface area contributed by atoms with E-state index in [-0.39, 0.29) is 17.3 Å². The molecular formula is C22H22F3N5O2. The molecule has 2 amide bonds. The van der Waals surface area contributed by atoms with Gasteiger partial charge in [0, 0.05) is 13.1 Å². The zero-order valence-corrected chi connectivity index (χ0v) is 17.0. The van der Waals surface area contributed by atoms with Gasteiger partial charge in [0.25, 0.3) is 0 Å². The molecular weight excluding hydrogens is 423 g/mol. The van der Waals surface area contributed by atoms with Crippen LogP contribution in [0.1, 0.15) is 30.1 Å². The maximum Gasteiger partial charge on any atom is 0.418 e. The minimum absolute atomic E-state index is 0.0193. The molecule has 1 saturated heterocycles. The van der Waals surface area contributed by atoms with Crippen LogP contribution in [0.25, 0.3) is 5.69 Å². The van der Waals surface area contributed by atoms with Crippen LogP contribution in [0.15, 0.2) is 61.2 Å². The molecule has 168 valence electrons. The minimum atomic E-state index is -4.66. The molecule has 7 nitrogen and oxygen atoms in total. The molecule has 10 heteroatoms. The molecule has 3 aromatic rings. The highest BCUT2D eigenvalue weighted by molar-refractivity contribution is 5.90. The van der Waals surface area contributed by atoms with Crippen LogP contribution in [-0.4, -0.2) is 43.9 Å². The van der Waals surface area contributed by atoms with Crippen molar-refractivity contribution < 1.29 is 23.1 Å². The number of aliphatic hydroxyl groups is 1. The Balaban J connectivity index is 1.43. The van der Waals surface area contributed by atoms with Gasteiger partial charge in [-0.2, -0.15) is 18.3 Å². The summed E-state index contributed by atoms with van der Waals surface area (Å²) in [6.45, 7) is 0.692. The summed E-state index contributed by atoms with van der Waals surface area (Å²) in [4.78, 5) is 17.9. The summed E-state index contributed by atoms with van der Waals surface area (Å²) in [6, 6.07) is 12.3. The number of urea groups is 1. The van der Waals surface area contributed by atoms with Gasteiger partial charge >= 0.3 is 12.2 Å². The second kappa shape index (κ2) is 8.99. The quantitative estimate of drug-likeness (QED) is 0.629. The number of hydrogen-bond donors (Lipinski definition) is 2. The Hall–Kier alpha value is -3.40. The van der Waals surface area contributed by atoms with Crippen molar-refractivity contribution in [3.63, 3.8) is 0 Å². The van der Waals surface area contributed by atoms with Crippen molar-refractivity contribution in [1.82, 2.24) is 19.7 Å². The van der Waals surface area contributed by atoms with Crippen LogP contribution < -0.4 is 5.32 Å². The van der Waals surface area contributed by atoms with Crippen LogP contribution in [0.5, 0.6) is 0 Å². The van der Waals surface area contributed by atoms with Crippen molar-refractivity contribution in [3.05, 3.63) is 72.3 Å². The Morgan fingerprint density at radius 3 is 2.47 bits per heavy atom. The van der Waals surface area contributed by atoms with Crippen LogP contribution in [0, 0.1) is 5.92 Å². The van der Waals surface area contributed by atoms with Gasteiger partial charge in [0.05, 0.1) is 23.0 Å². The molecule has 1 fully saturated rings. The first kappa shape index (κ1) is 21.8. The summed E-state index contributed by atoms with van der Waals surface area (Å²) in [5, 5.41) is 16.8. The molecule has 4 rings (SSSR count). The van der Waals surface area contributed by atoms with Gasteiger partial charge in [-0.3, -0.25) is 0 Å². The molecule has 1 unspecified atom stereocenters. The van der Waals surface area contributed by atoms with Crippen molar-refractivity contribution >= 4 is 11.7 Å². The number of nitrogens with zero attached hydrogens (tertiary/aromatic N) is 4. The molecule has 0 aliphatic carbocycles. The number of carbonyl (C=O) groups is 1. The fourth-order valence-electron chi connectivity index (χ4n) is 3.89. The van der Waals surface area contributed by atoms with Crippen LogP contribution in [-0.2, 0) is 6.18 Å². The van der Waals surface area contributed by atoms with Gasteiger partial charge < -0.3 is 15.3 Å². The number of benzene rings is 2. The van der Waals surface area contributed by atoms with Gasteiger partial charge in [0.15, 0.2) is 0 Å². The number of halogens is 3. The second-order valence-corrected chi connectivity index (χ2v) is 7.68. The van der Waals surface area contributed by atoms with Crippen LogP contribution in [0.4, 0.5) is 23.7 Å². The van der Waals surface area contributed by atoms with Crippen LogP contribution in [0.3, 0.4) is 0 Å². The number of anilines is 1. The van der Waals surface area contributed by atoms with Crippen molar-refractivity contribution in [2.75, 3.05) is 18.4 Å². The highest BCUT2D eigenvalue weighted by atomic mass is 19.4. The summed E-state index contributed by atoms with van der Waals surface area (Å²) >= 11 is 0. The standard InChI is InChI=1S/C22H22F3N5O2/c23-22(24,25)18-12-17(30-14-26-13-27-30)6-7-19(18)28-21(32)29-10-8-16(9-11-29)20(31)15-4-2-1-3-5-15/h1-7,12-14,16,20,31H,8-11H2,(H,28,32). The zero-order valence-electron chi connectivity index (χ0n) is 17.0. The number of carbonyl (C=O) groups excluding carboxylic acids is 1. The van der Waals surface area contributed by atoms with Gasteiger partial charge in [-0.15, -0.1) is 0 Å². The van der Waals surface area contributed by atoms with Gasteiger partial charge in [-0.1, -0.05) is 30.3 Å². The number of aliphatic hydroxyl groups excluding tert-OH is 1. The molecule has 0 saturated carbocycles. The van der Waals surface area contributed by atoms with E-state index < -0.39 is 23.9 Å². The van der Waals surface area contributed by atoms with E-state index in [0.717, 1.165) is 11.6 Å². The van der Waals surface area contributed by atoms with Crippen LogP contribution in [0.2, 0.25) is 0 Å². The van der Waals surface area contributed by atoms with E-state index in [1.807, 2.05) is 30.3 Å². The van der Waals surface area contributed by atoms with Gasteiger partial charge in [-0.25, -0.2) is 14.5 Å². The Morgan fingerprint density at radius 2 is 1.84 bits per heavy atom. The van der Waals surface area contributed by atoms with Crippen molar-refractivity contribution in [1.29, 1.82) is 0 Å². The van der Waals surface area contributed by atoms with E-state index in [1.54, 1.807) is 0 Å². The lowest BCUT2D eigenvalue weighted by Crippen LogP contribution is -2.42. The lowest BCUT2D eigenvalue weighted by Gasteiger charge is -2.34. The highest BCUT2D eigenvalue weighted by Crippen LogP contribution is 2.37. The summed E-state index contributed by atoms with van der Waals surface area (Å²) in [5.74, 6) is -0.0193. The molecule has 2 N–H and O–H groups in total. The van der Waals surface area contributed by atoms with E-state index in [2.05, 4.69) is 15.4 Å². The van der Waals surface area contributed by atoms with E-state index >= 15 is 0 Å². The third-order valence-corrected chi connectivity index (χ3v) is 5.65. The molecule has 1 aliphatic rings. The average molecular weight is 445 g/mol. The summed E-state index contributed by atoms with van der Waals surface area (Å²) < 4.78 is 42.1. The van der Waals surface area contributed by atoms with E-state index in [4.69, 9.17) is 0 Å². The molecule has 1 aromatic heterocycles. The number of hydrogen-bond acceptors (Lipinski definition) is 4. The number of alkyl halides is 3. The van der Waals surface area contributed by atoms with Crippen molar-refractivity contribution in [2.45, 2.75) is 25.1 Å². The molecule has 32 heavy (non-hydrogen) atoms. The first-order valence-corrected chi connectivity index (χ1v) is 10.2. The zero-order chi connectivity index (χ0) is 22.7. The fraction of sp³-hybridized carbons (Fsp3) is 0.318. The van der Waals surface area contributed by atoms with Gasteiger partial charge in [-0.05, 0) is 42.5 Å². The number of rotatable bonds is 4. The Morgan fingerprint density at radius 1 is 1.12 bits per heavy atom. The number of likely N-dealkylation sites (tertiary alicyclic amines) is 1. The molecule has 2 heterocycles. The second-order valence-electron chi connectivity index (χ2n) is 7.68. The van der Waals surface area contributed by atoms with Gasteiger partial charge in [0.2, 0.25) is 0 Å². The maximum absolute atomic E-state index is 13.6. The predicted octanol–water partition coefficient (Wildman–Crippen LogP) is 4.26. The largest absolute Gasteiger partial charge is 0.418 e. The minimum Gasteiger partial charge on any atom is -0.388 e. The lowest BCUT2D eigenvalue weighted by molar-refractivity contribution is -0.136. The highest BCUT2D eigenvalue weighted by Gasteiger charge is 2.35. The monoisotopic (exact) mass is 445 g/mol. The molecule has 2 aromatic carbocycles. The smallest absolute Gasteiger partial charge is 0.388 e. The molecule has 0 radical (unpaired) electrons. The Kier molecular flexibility index (Phi) is 6.13. The first-order valence-electron chi connectivity index (χ1n) is 10.2. The maximum atomic E-state index is 13.6. The third-order valence-electron chi connectivity index (χ3n) is 5.65. The molecule has 0 bridgehead atoms. The average Bonchev–Trinajstić information content (AvgIpc) is 3.34. The first-order chi connectivity index (χ1) is 15.3. The number of amides is 2. The SMILES string of the molecule is O=C(Nc1ccc(-n2cncn2)cc1C(F)(F)F)N1CCC(C(O)c2ccccc2)CC1. The number of piperidine rings is 1. The predicted molar refractivity (Wildman–Crippen MR) is 111 cm³/mol. The van der Waals surface area contributed by atoms with Crippen molar-refractivity contribution in [2.24, 2.45) is 5.92 Å². The summed E-state index contributed by atoms with van der Waals surface area (Å²) in [5.41, 5.74) is -0.285. The molecule has 1 aliphatic heterocycles. The van der Waals surface area contributed by atoms with Gasteiger partial charge in [0.1, 0.15) is 12.7 Å². The van der Waals surface area contributed by atoms with E-state index in [9.17, 15) is 23.1 Å². The van der Waals surface area contributed by atoms with E-state index in [1.165, 1.54) is 34.4 Å². The summed E-state index contributed by atoms with van der Waals surface area (Å²) in [7, 11) is 0. The van der Waals surface area contributed by atoms with Crippen molar-refractivity contribution in [3.8, 4) is 5.69 Å². The third kappa shape index (κ3) is 4.75. The topological polar surface area (TPSA) is 83.3 Å². The lowest BCUT2D eigenvalue weighted by atomic mass is 9.87. The Labute approximate surface area is 182 Å². The van der Waals surface area contributed by atoms with E-state index in [0.29, 0.717) is 25.9 Å². The Bertz CT molecular complexity index is 1050. The summed E-state index contributed by atoms with van der Waals surface area (Å²) in [6.07, 6.45) is -1.67. The molecule has 0 spiro atoms. The number of aromatic nitrogens is 3. The normalized spacial score (nSPS) is 16.1.